The van der Waals surface area contributed by atoms with Crippen molar-refractivity contribution in [2.24, 2.45) is 0 Å². The number of nitrogens with one attached hydrogen (secondary N) is 1. The van der Waals surface area contributed by atoms with E-state index in [1.165, 1.54) is 86.4 Å². The van der Waals surface area contributed by atoms with Gasteiger partial charge in [-0.2, -0.15) is 0 Å². The van der Waals surface area contributed by atoms with Crippen molar-refractivity contribution in [3.05, 3.63) is 453 Å². The number of hydrogen-bond donors (Lipinski definition) is 1. The molecular weight excluding hydrogens is 1680 g/mol. The predicted octanol–water partition coefficient (Wildman–Crippen LogP) is 31.5. The summed E-state index contributed by atoms with van der Waals surface area (Å²) in [7, 11) is 0. The molecule has 0 fully saturated rings. The molecule has 18 aromatic carbocycles. The molecule has 7 nitrogen and oxygen atoms in total. The van der Waals surface area contributed by atoms with Crippen LogP contribution >= 0.6 is 61.3 Å². The molecule has 125 heavy (non-hydrogen) atoms. The van der Waals surface area contributed by atoms with Crippen molar-refractivity contribution in [3.63, 3.8) is 0 Å². The molecule has 4 aromatic heterocycles. The first-order valence-corrected chi connectivity index (χ1v) is 45.5. The minimum absolute atomic E-state index is 0. The van der Waals surface area contributed by atoms with E-state index in [2.05, 4.69) is 476 Å². The van der Waals surface area contributed by atoms with Crippen molar-refractivity contribution in [1.29, 1.82) is 0 Å². The fourth-order valence-electron chi connectivity index (χ4n) is 16.0. The van der Waals surface area contributed by atoms with Crippen LogP contribution in [-0.2, 0) is 0 Å². The van der Waals surface area contributed by atoms with E-state index in [9.17, 15) is 5.11 Å². The van der Waals surface area contributed by atoms with Gasteiger partial charge in [-0.25, -0.2) is 0 Å². The third-order valence-corrected chi connectivity index (χ3v) is 26.5. The van der Waals surface area contributed by atoms with Gasteiger partial charge in [0.15, 0.2) is 0 Å². The maximum atomic E-state index is 10.1. The minimum atomic E-state index is -0.750. The molecule has 0 aliphatic rings. The summed E-state index contributed by atoms with van der Waals surface area (Å²) in [6.07, 6.45) is 0. The number of anilines is 17. The van der Waals surface area contributed by atoms with E-state index >= 15 is 0 Å². The summed E-state index contributed by atoms with van der Waals surface area (Å²) in [4.78, 5) is 11.7. The molecule has 4 heterocycles. The molecule has 0 bridgehead atoms. The van der Waals surface area contributed by atoms with Crippen molar-refractivity contribution < 1.29 is 34.7 Å². The molecule has 0 atom stereocenters. The monoisotopic (exact) mass is 1760 g/mol. The van der Waals surface area contributed by atoms with E-state index in [1.54, 1.807) is 20.8 Å². The van der Waals surface area contributed by atoms with Gasteiger partial charge in [-0.15, -0.1) is 50.9 Å². The van der Waals surface area contributed by atoms with Crippen LogP contribution in [0.15, 0.2) is 453 Å². The Bertz CT molecular complexity index is 7050. The number of rotatable bonds is 17. The zero-order chi connectivity index (χ0) is 83.9. The zero-order valence-electron chi connectivity index (χ0n) is 69.4. The molecule has 1 N–H and O–H groups in total. The number of nitrogens with zero attached hydrogens (tertiary/aromatic N) is 5. The van der Waals surface area contributed by atoms with Crippen LogP contribution in [0.1, 0.15) is 20.8 Å². The van der Waals surface area contributed by atoms with Crippen molar-refractivity contribution in [1.82, 2.24) is 0 Å². The van der Waals surface area contributed by atoms with Crippen molar-refractivity contribution in [2.75, 3.05) is 29.8 Å². The number of thiophene rings is 4. The van der Waals surface area contributed by atoms with Crippen LogP contribution in [0.3, 0.4) is 0 Å². The summed E-state index contributed by atoms with van der Waals surface area (Å²) in [5.41, 5.74) is 18.6. The van der Waals surface area contributed by atoms with Crippen LogP contribution in [-0.4, -0.2) is 5.60 Å². The van der Waals surface area contributed by atoms with Gasteiger partial charge in [0.05, 0.1) is 0 Å². The normalized spacial score (nSPS) is 11.2. The summed E-state index contributed by atoms with van der Waals surface area (Å²) < 4.78 is 11.4. The second kappa shape index (κ2) is 37.6. The standard InChI is InChI=1S/C54H37N3S2.C30H22N2S.C24H16BrNS.C4H9O.Na/c1-6-16-38(17-7-1)55(39-18-8-2-9-19-39)43-28-32-51-49(34-43)47-30-26-45(36-53(47)58-51)57(42-24-14-5-15-25-42)46-27-31-48-50-35-44(29-33-52(50)59-54(48)37-46)56(40-20-10-3-11-21-40)41-22-12-4-13-23-41;1-4-10-22(11-5-1)31-23-16-18-27-28-21-26(17-19-29(28)33-30(27)20-23)32(24-12-6-2-7-13-24)25-14-8-3-9-15-25;25-17-11-13-21-22-16-20(12-14-23(22)27-24(21)15-17)26(18-7-3-1-4-8-18)19-9-5-2-6-10-19;1-4(2,3)5;/h1-37H;1-21,31H;1-16H;1-3H3;/q;;;-1;+1. The van der Waals surface area contributed by atoms with E-state index in [0.717, 1.165) is 95.5 Å². The summed E-state index contributed by atoms with van der Waals surface area (Å²) in [6, 6.07) is 160. The van der Waals surface area contributed by atoms with Gasteiger partial charge >= 0.3 is 29.6 Å². The molecule has 22 rings (SSSR count). The van der Waals surface area contributed by atoms with Crippen molar-refractivity contribution in [2.45, 2.75) is 26.4 Å². The van der Waals surface area contributed by atoms with E-state index in [-0.39, 0.29) is 29.6 Å². The number of hydrogen-bond acceptors (Lipinski definition) is 11. The van der Waals surface area contributed by atoms with Gasteiger partial charge in [0.2, 0.25) is 0 Å². The molecular formula is C112H84BrN6NaOS4. The van der Waals surface area contributed by atoms with Gasteiger partial charge < -0.3 is 34.9 Å². The average Bonchev–Trinajstić information content (AvgIpc) is 1.63. The van der Waals surface area contributed by atoms with E-state index in [0.29, 0.717) is 0 Å². The van der Waals surface area contributed by atoms with E-state index < -0.39 is 5.60 Å². The quantitative estimate of drug-likeness (QED) is 0.0912. The Morgan fingerprint density at radius 3 is 0.664 bits per heavy atom. The first-order chi connectivity index (χ1) is 60.9. The second-order valence-corrected chi connectivity index (χ2v) is 36.4. The van der Waals surface area contributed by atoms with Crippen LogP contribution in [0.4, 0.5) is 96.7 Å². The minimum Gasteiger partial charge on any atom is -0.850 e. The largest absolute Gasteiger partial charge is 1.00 e. The summed E-state index contributed by atoms with van der Waals surface area (Å²) in [6.45, 7) is 4.90. The maximum absolute atomic E-state index is 10.1. The summed E-state index contributed by atoms with van der Waals surface area (Å²) in [5, 5.41) is 23.9. The molecule has 22 aromatic rings. The molecule has 13 heteroatoms. The number of para-hydroxylation sites is 10. The van der Waals surface area contributed by atoms with Gasteiger partial charge in [0.1, 0.15) is 0 Å². The molecule has 0 aliphatic heterocycles. The van der Waals surface area contributed by atoms with E-state index in [1.807, 2.05) is 63.5 Å². The topological polar surface area (TPSA) is 51.3 Å². The molecule has 0 radical (unpaired) electrons. The number of halogens is 1. The Morgan fingerprint density at radius 2 is 0.400 bits per heavy atom. The van der Waals surface area contributed by atoms with Gasteiger partial charge in [0, 0.05) is 182 Å². The SMILES string of the molecule is Brc1ccc2c(c1)sc1ccc(N(c3ccccc3)c3ccccc3)cc12.CC(C)(C)[O-].[Na+].c1ccc(N(c2ccc3c(c2)sc2ccc(N(c4ccccc4)c4ccccc4)cc23)c2ccc3c(c2)sc2ccc(N(c4ccccc4)c4ccccc4)cc23)cc1.c1ccc(Nc2ccc3c(c2)sc2ccc(N(c4ccccc4)c4ccccc4)cc23)cc1. The Kier molecular flexibility index (Phi) is 25.0. The average molecular weight is 1760 g/mol. The smallest absolute Gasteiger partial charge is 0.850 e. The van der Waals surface area contributed by atoms with Crippen molar-refractivity contribution in [3.8, 4) is 0 Å². The summed E-state index contributed by atoms with van der Waals surface area (Å²) >= 11 is 11.0. The van der Waals surface area contributed by atoms with E-state index in [4.69, 9.17) is 0 Å². The predicted molar refractivity (Wildman–Crippen MR) is 541 cm³/mol. The van der Waals surface area contributed by atoms with Crippen LogP contribution in [0.5, 0.6) is 0 Å². The maximum Gasteiger partial charge on any atom is 1.00 e. The Morgan fingerprint density at radius 1 is 0.200 bits per heavy atom. The fraction of sp³-hybridized carbons (Fsp3) is 0.0357. The molecule has 0 saturated heterocycles. The van der Waals surface area contributed by atoms with Gasteiger partial charge in [-0.3, -0.25) is 0 Å². The van der Waals surface area contributed by atoms with Crippen LogP contribution in [0, 0.1) is 0 Å². The first kappa shape index (κ1) is 83.0. The fourth-order valence-corrected chi connectivity index (χ4v) is 21.0. The molecule has 0 unspecified atom stereocenters. The first-order valence-electron chi connectivity index (χ1n) is 41.4. The van der Waals surface area contributed by atoms with Crippen molar-refractivity contribution >= 4 is 239 Å². The number of fused-ring (bicyclic) bond motifs is 12. The molecule has 600 valence electrons. The Labute approximate surface area is 775 Å². The second-order valence-electron chi connectivity index (χ2n) is 31.1. The van der Waals surface area contributed by atoms with Crippen LogP contribution in [0.25, 0.3) is 80.7 Å². The van der Waals surface area contributed by atoms with Crippen LogP contribution < -0.4 is 64.5 Å². The molecule has 0 amide bonds. The molecule has 0 spiro atoms. The summed E-state index contributed by atoms with van der Waals surface area (Å²) in [5.74, 6) is 0. The van der Waals surface area contributed by atoms with Gasteiger partial charge in [-0.1, -0.05) is 243 Å². The third-order valence-electron chi connectivity index (χ3n) is 21.5. The van der Waals surface area contributed by atoms with Crippen LogP contribution in [0.2, 0.25) is 0 Å². The molecule has 0 saturated carbocycles. The number of benzene rings is 18. The van der Waals surface area contributed by atoms with Gasteiger partial charge in [0.25, 0.3) is 0 Å². The Hall–Kier alpha value is -12.9. The van der Waals surface area contributed by atoms with Gasteiger partial charge in [-0.05, 0) is 243 Å². The molecule has 0 aliphatic carbocycles. The Balaban J connectivity index is 0.000000135. The zero-order valence-corrected chi connectivity index (χ0v) is 76.2. The third kappa shape index (κ3) is 18.5.